The van der Waals surface area contributed by atoms with Crippen molar-refractivity contribution in [2.24, 2.45) is 0 Å². The first-order valence-corrected chi connectivity index (χ1v) is 13.2. The smallest absolute Gasteiger partial charge is 0.222 e. The topological polar surface area (TPSA) is 69.6 Å². The number of hydrogen-bond donors (Lipinski definition) is 3. The zero-order valence-corrected chi connectivity index (χ0v) is 20.9. The Morgan fingerprint density at radius 2 is 1.09 bits per heavy atom. The average molecular weight is 448 g/mol. The molecule has 2 unspecified atom stereocenters. The Labute approximate surface area is 198 Å². The van der Waals surface area contributed by atoms with Gasteiger partial charge in [-0.3, -0.25) is 4.79 Å². The van der Waals surface area contributed by atoms with Gasteiger partial charge in [0.2, 0.25) is 5.91 Å². The number of unbranched alkanes of at least 4 members (excludes halogenated alkanes) is 16. The van der Waals surface area contributed by atoms with Gasteiger partial charge in [0.15, 0.2) is 6.23 Å². The highest BCUT2D eigenvalue weighted by Crippen LogP contribution is 2.11. The van der Waals surface area contributed by atoms with E-state index in [1.54, 1.807) is 0 Å². The van der Waals surface area contributed by atoms with Crippen molar-refractivity contribution in [1.82, 2.24) is 5.32 Å². The quantitative estimate of drug-likeness (QED) is 0.117. The van der Waals surface area contributed by atoms with Crippen molar-refractivity contribution in [2.75, 3.05) is 0 Å². The molecule has 0 aromatic rings. The van der Waals surface area contributed by atoms with Gasteiger partial charge in [0.05, 0.1) is 6.10 Å². The van der Waals surface area contributed by atoms with Gasteiger partial charge in [-0.1, -0.05) is 102 Å². The van der Waals surface area contributed by atoms with Crippen LogP contribution in [0.2, 0.25) is 0 Å². The molecule has 4 heteroatoms. The van der Waals surface area contributed by atoms with E-state index < -0.39 is 12.3 Å². The Bertz CT molecular complexity index is 550. The van der Waals surface area contributed by atoms with Gasteiger partial charge in [-0.05, 0) is 38.0 Å². The number of hydrogen-bond acceptors (Lipinski definition) is 3. The highest BCUT2D eigenvalue weighted by Gasteiger charge is 2.13. The van der Waals surface area contributed by atoms with E-state index in [9.17, 15) is 9.90 Å². The molecule has 4 nitrogen and oxygen atoms in total. The zero-order valence-electron chi connectivity index (χ0n) is 20.9. The maximum Gasteiger partial charge on any atom is 0.222 e. The number of carbonyl (C=O) groups excluding carboxylic acids is 1. The molecule has 1 amide bonds. The highest BCUT2D eigenvalue weighted by molar-refractivity contribution is 5.76. The van der Waals surface area contributed by atoms with Crippen LogP contribution in [0.1, 0.15) is 136 Å². The third-order valence-electron chi connectivity index (χ3n) is 5.62. The van der Waals surface area contributed by atoms with Gasteiger partial charge in [0, 0.05) is 19.3 Å². The predicted octanol–water partition coefficient (Wildman–Crippen LogP) is 6.24. The van der Waals surface area contributed by atoms with Crippen LogP contribution in [-0.4, -0.2) is 28.5 Å². The van der Waals surface area contributed by atoms with Crippen molar-refractivity contribution in [3.8, 4) is 23.7 Å². The summed E-state index contributed by atoms with van der Waals surface area (Å²) >= 11 is 0. The molecule has 2 atom stereocenters. The van der Waals surface area contributed by atoms with Crippen LogP contribution in [0.5, 0.6) is 0 Å². The maximum absolute atomic E-state index is 11.6. The van der Waals surface area contributed by atoms with Crippen molar-refractivity contribution < 1.29 is 15.0 Å². The maximum atomic E-state index is 11.6. The predicted molar refractivity (Wildman–Crippen MR) is 135 cm³/mol. The molecule has 0 aromatic carbocycles. The van der Waals surface area contributed by atoms with E-state index in [2.05, 4.69) is 35.9 Å². The van der Waals surface area contributed by atoms with Crippen molar-refractivity contribution in [2.45, 2.75) is 148 Å². The lowest BCUT2D eigenvalue weighted by molar-refractivity contribution is -0.126. The van der Waals surface area contributed by atoms with Crippen LogP contribution in [0.15, 0.2) is 0 Å². The molecule has 0 heterocycles. The van der Waals surface area contributed by atoms with E-state index >= 15 is 0 Å². The van der Waals surface area contributed by atoms with Gasteiger partial charge in [-0.15, -0.1) is 0 Å². The molecule has 3 N–H and O–H groups in total. The van der Waals surface area contributed by atoms with E-state index in [4.69, 9.17) is 5.11 Å². The summed E-state index contributed by atoms with van der Waals surface area (Å²) < 4.78 is 0. The molecule has 0 saturated carbocycles. The van der Waals surface area contributed by atoms with E-state index in [1.807, 2.05) is 0 Å². The molecule has 184 valence electrons. The SMILES string of the molecule is CCCCCCCCCCCCC#CC#CCCCCCCCCC(=O)NC(O)C(C)O. The minimum Gasteiger partial charge on any atom is -0.389 e. The molecule has 0 aliphatic carbocycles. The number of rotatable bonds is 20. The van der Waals surface area contributed by atoms with Crippen LogP contribution >= 0.6 is 0 Å². The molecule has 32 heavy (non-hydrogen) atoms. The van der Waals surface area contributed by atoms with Crippen molar-refractivity contribution >= 4 is 5.91 Å². The van der Waals surface area contributed by atoms with Crippen molar-refractivity contribution in [3.05, 3.63) is 0 Å². The van der Waals surface area contributed by atoms with Gasteiger partial charge in [0.1, 0.15) is 0 Å². The van der Waals surface area contributed by atoms with Crippen LogP contribution in [0.4, 0.5) is 0 Å². The molecule has 0 aliphatic rings. The second kappa shape index (κ2) is 24.2. The minimum atomic E-state index is -1.17. The lowest BCUT2D eigenvalue weighted by Crippen LogP contribution is -2.41. The third-order valence-corrected chi connectivity index (χ3v) is 5.62. The van der Waals surface area contributed by atoms with Crippen LogP contribution < -0.4 is 5.32 Å². The van der Waals surface area contributed by atoms with Crippen molar-refractivity contribution in [1.29, 1.82) is 0 Å². The second-order valence-electron chi connectivity index (χ2n) is 8.91. The monoisotopic (exact) mass is 447 g/mol. The van der Waals surface area contributed by atoms with E-state index in [-0.39, 0.29) is 5.91 Å². The molecule has 0 bridgehead atoms. The molecular formula is C28H49NO3. The first kappa shape index (κ1) is 30.5. The average Bonchev–Trinajstić information content (AvgIpc) is 2.77. The normalized spacial score (nSPS) is 12.2. The molecule has 0 aromatic heterocycles. The number of amides is 1. The molecule has 0 saturated heterocycles. The number of aliphatic hydroxyl groups excluding tert-OH is 2. The van der Waals surface area contributed by atoms with E-state index in [0.29, 0.717) is 6.42 Å². The van der Waals surface area contributed by atoms with Crippen LogP contribution in [0.3, 0.4) is 0 Å². The first-order valence-electron chi connectivity index (χ1n) is 13.2. The summed E-state index contributed by atoms with van der Waals surface area (Å²) in [5.41, 5.74) is 0. The highest BCUT2D eigenvalue weighted by atomic mass is 16.3. The van der Waals surface area contributed by atoms with Gasteiger partial charge in [-0.2, -0.15) is 0 Å². The Balaban J connectivity index is 3.36. The van der Waals surface area contributed by atoms with Crippen LogP contribution in [-0.2, 0) is 4.79 Å². The molecular weight excluding hydrogens is 398 g/mol. The van der Waals surface area contributed by atoms with Crippen LogP contribution in [0, 0.1) is 23.7 Å². The molecule has 0 spiro atoms. The number of carbonyl (C=O) groups is 1. The summed E-state index contributed by atoms with van der Waals surface area (Å²) in [4.78, 5) is 11.6. The second-order valence-corrected chi connectivity index (χ2v) is 8.91. The number of nitrogens with one attached hydrogen (secondary N) is 1. The van der Waals surface area contributed by atoms with Crippen molar-refractivity contribution in [3.63, 3.8) is 0 Å². The van der Waals surface area contributed by atoms with Gasteiger partial charge < -0.3 is 15.5 Å². The van der Waals surface area contributed by atoms with Gasteiger partial charge in [0.25, 0.3) is 0 Å². The Morgan fingerprint density at radius 1 is 0.688 bits per heavy atom. The van der Waals surface area contributed by atoms with Crippen LogP contribution in [0.25, 0.3) is 0 Å². The fourth-order valence-electron chi connectivity index (χ4n) is 3.48. The fraction of sp³-hybridized carbons (Fsp3) is 0.821. The fourth-order valence-corrected chi connectivity index (χ4v) is 3.48. The summed E-state index contributed by atoms with van der Waals surface area (Å²) in [5.74, 6) is 12.1. The standard InChI is InChI=1S/C28H49NO3/c1-3-4-5-6-7-8-9-10-11-12-13-14-15-16-17-18-19-20-21-22-23-24-25-27(31)29-28(32)26(2)30/h26,28,30,32H,3-13,18-25H2,1-2H3,(H,29,31). The summed E-state index contributed by atoms with van der Waals surface area (Å²) in [7, 11) is 0. The first-order chi connectivity index (χ1) is 15.6. The van der Waals surface area contributed by atoms with E-state index in [1.165, 1.54) is 71.1 Å². The summed E-state index contributed by atoms with van der Waals surface area (Å²) in [5, 5.41) is 20.9. The lowest BCUT2D eigenvalue weighted by atomic mass is 10.1. The summed E-state index contributed by atoms with van der Waals surface area (Å²) in [6, 6.07) is 0. The Morgan fingerprint density at radius 3 is 1.53 bits per heavy atom. The molecule has 0 rings (SSSR count). The van der Waals surface area contributed by atoms with Gasteiger partial charge in [-0.25, -0.2) is 0 Å². The summed E-state index contributed by atoms with van der Waals surface area (Å²) in [6.45, 7) is 3.71. The van der Waals surface area contributed by atoms with E-state index in [0.717, 1.165) is 51.4 Å². The molecule has 0 radical (unpaired) electrons. The largest absolute Gasteiger partial charge is 0.389 e. The van der Waals surface area contributed by atoms with Gasteiger partial charge >= 0.3 is 0 Å². The minimum absolute atomic E-state index is 0.206. The lowest BCUT2D eigenvalue weighted by Gasteiger charge is -2.15. The third kappa shape index (κ3) is 23.2. The molecule has 0 fully saturated rings. The molecule has 0 aliphatic heterocycles. The number of aliphatic hydroxyl groups is 2. The Hall–Kier alpha value is -1.49. The zero-order chi connectivity index (χ0) is 23.7. The summed E-state index contributed by atoms with van der Waals surface area (Å²) in [6.07, 6.45) is 20.1. The Kier molecular flexibility index (Phi) is 23.0.